The molecular weight excluding hydrogens is 152 g/mol. The van der Waals surface area contributed by atoms with Crippen LogP contribution in [0.1, 0.15) is 33.1 Å². The first-order valence-electron chi connectivity index (χ1n) is 4.78. The van der Waals surface area contributed by atoms with Gasteiger partial charge in [-0.05, 0) is 31.1 Å². The molecular formula is C10H18O2. The van der Waals surface area contributed by atoms with Gasteiger partial charge in [0, 0.05) is 5.92 Å². The van der Waals surface area contributed by atoms with Gasteiger partial charge in [0.05, 0.1) is 6.10 Å². The second-order valence-corrected chi connectivity index (χ2v) is 4.18. The van der Waals surface area contributed by atoms with Crippen LogP contribution in [0.4, 0.5) is 0 Å². The Morgan fingerprint density at radius 1 is 1.42 bits per heavy atom. The van der Waals surface area contributed by atoms with E-state index in [9.17, 15) is 9.90 Å². The maximum Gasteiger partial charge on any atom is 0.123 e. The van der Waals surface area contributed by atoms with Crippen LogP contribution < -0.4 is 0 Å². The third-order valence-corrected chi connectivity index (χ3v) is 2.96. The molecule has 0 bridgehead atoms. The molecule has 1 aliphatic rings. The number of rotatable bonds is 2. The smallest absolute Gasteiger partial charge is 0.123 e. The Hall–Kier alpha value is -0.370. The Labute approximate surface area is 74.0 Å². The quantitative estimate of drug-likeness (QED) is 0.639. The number of carbonyl (C=O) groups excluding carboxylic acids is 1. The van der Waals surface area contributed by atoms with Crippen molar-refractivity contribution in [2.24, 2.45) is 17.8 Å². The molecule has 0 aromatic heterocycles. The molecule has 1 saturated carbocycles. The van der Waals surface area contributed by atoms with Crippen LogP contribution in [0.25, 0.3) is 0 Å². The lowest BCUT2D eigenvalue weighted by Crippen LogP contribution is -2.33. The molecule has 0 saturated heterocycles. The van der Waals surface area contributed by atoms with E-state index >= 15 is 0 Å². The summed E-state index contributed by atoms with van der Waals surface area (Å²) in [5, 5.41) is 9.68. The molecule has 3 unspecified atom stereocenters. The topological polar surface area (TPSA) is 37.3 Å². The number of aliphatic hydroxyl groups is 1. The number of aldehydes is 1. The molecule has 0 radical (unpaired) electrons. The van der Waals surface area contributed by atoms with E-state index in [1.165, 1.54) is 0 Å². The fourth-order valence-corrected chi connectivity index (χ4v) is 2.10. The Bertz CT molecular complexity index is 154. The van der Waals surface area contributed by atoms with Gasteiger partial charge in [-0.1, -0.05) is 13.8 Å². The highest BCUT2D eigenvalue weighted by Crippen LogP contribution is 2.32. The van der Waals surface area contributed by atoms with E-state index in [4.69, 9.17) is 0 Å². The molecule has 0 aromatic rings. The highest BCUT2D eigenvalue weighted by molar-refractivity contribution is 5.53. The van der Waals surface area contributed by atoms with Gasteiger partial charge in [0.15, 0.2) is 0 Å². The van der Waals surface area contributed by atoms with Crippen molar-refractivity contribution in [1.29, 1.82) is 0 Å². The third kappa shape index (κ3) is 2.07. The van der Waals surface area contributed by atoms with Gasteiger partial charge in [0.25, 0.3) is 0 Å². The van der Waals surface area contributed by atoms with Gasteiger partial charge in [0.2, 0.25) is 0 Å². The lowest BCUT2D eigenvalue weighted by atomic mass is 9.75. The van der Waals surface area contributed by atoms with Gasteiger partial charge in [-0.25, -0.2) is 0 Å². The van der Waals surface area contributed by atoms with E-state index in [0.29, 0.717) is 18.3 Å². The molecule has 0 spiro atoms. The lowest BCUT2D eigenvalue weighted by Gasteiger charge is -2.33. The van der Waals surface area contributed by atoms with Crippen molar-refractivity contribution in [2.75, 3.05) is 0 Å². The molecule has 3 atom stereocenters. The van der Waals surface area contributed by atoms with E-state index in [-0.39, 0.29) is 12.0 Å². The first kappa shape index (κ1) is 9.72. The van der Waals surface area contributed by atoms with Gasteiger partial charge in [0.1, 0.15) is 6.29 Å². The third-order valence-electron chi connectivity index (χ3n) is 2.96. The summed E-state index contributed by atoms with van der Waals surface area (Å²) in [5.41, 5.74) is 0. The van der Waals surface area contributed by atoms with Crippen molar-refractivity contribution < 1.29 is 9.90 Å². The minimum absolute atomic E-state index is 0.106. The van der Waals surface area contributed by atoms with Crippen molar-refractivity contribution in [3.8, 4) is 0 Å². The van der Waals surface area contributed by atoms with Gasteiger partial charge >= 0.3 is 0 Å². The summed E-state index contributed by atoms with van der Waals surface area (Å²) >= 11 is 0. The Morgan fingerprint density at radius 2 is 2.08 bits per heavy atom. The van der Waals surface area contributed by atoms with Crippen molar-refractivity contribution >= 4 is 6.29 Å². The molecule has 1 fully saturated rings. The summed E-state index contributed by atoms with van der Waals surface area (Å²) in [6.07, 6.45) is 3.37. The molecule has 2 heteroatoms. The summed E-state index contributed by atoms with van der Waals surface area (Å²) in [4.78, 5) is 10.5. The Morgan fingerprint density at radius 3 is 2.50 bits per heavy atom. The summed E-state index contributed by atoms with van der Waals surface area (Å²) in [6.45, 7) is 4.27. The van der Waals surface area contributed by atoms with Crippen LogP contribution in [0, 0.1) is 17.8 Å². The van der Waals surface area contributed by atoms with Crippen molar-refractivity contribution in [3.05, 3.63) is 0 Å². The normalized spacial score (nSPS) is 36.8. The minimum Gasteiger partial charge on any atom is -0.393 e. The molecule has 0 aliphatic heterocycles. The zero-order chi connectivity index (χ0) is 9.14. The van der Waals surface area contributed by atoms with Gasteiger partial charge in [-0.3, -0.25) is 0 Å². The highest BCUT2D eigenvalue weighted by Gasteiger charge is 2.30. The van der Waals surface area contributed by atoms with Crippen molar-refractivity contribution in [1.82, 2.24) is 0 Å². The average molecular weight is 170 g/mol. The Kier molecular flexibility index (Phi) is 3.27. The first-order chi connectivity index (χ1) is 5.65. The minimum atomic E-state index is -0.256. The van der Waals surface area contributed by atoms with Crippen molar-refractivity contribution in [2.45, 2.75) is 39.2 Å². The molecule has 0 aromatic carbocycles. The molecule has 12 heavy (non-hydrogen) atoms. The molecule has 70 valence electrons. The fraction of sp³-hybridized carbons (Fsp3) is 0.900. The van der Waals surface area contributed by atoms with Crippen LogP contribution in [0.15, 0.2) is 0 Å². The fourth-order valence-electron chi connectivity index (χ4n) is 2.10. The first-order valence-corrected chi connectivity index (χ1v) is 4.78. The van der Waals surface area contributed by atoms with Gasteiger partial charge in [-0.2, -0.15) is 0 Å². The SMILES string of the molecule is CC(C)C1CCC(C=O)CC1O. The zero-order valence-electron chi connectivity index (χ0n) is 7.86. The summed E-state index contributed by atoms with van der Waals surface area (Å²) in [7, 11) is 0. The predicted molar refractivity (Wildman–Crippen MR) is 47.7 cm³/mol. The molecule has 1 rings (SSSR count). The second-order valence-electron chi connectivity index (χ2n) is 4.18. The average Bonchev–Trinajstić information content (AvgIpc) is 2.03. The number of carbonyl (C=O) groups is 1. The van der Waals surface area contributed by atoms with E-state index < -0.39 is 0 Å². The molecule has 2 nitrogen and oxygen atoms in total. The molecule has 0 amide bonds. The summed E-state index contributed by atoms with van der Waals surface area (Å²) in [5.74, 6) is 1.05. The van der Waals surface area contributed by atoms with Gasteiger partial charge in [-0.15, -0.1) is 0 Å². The Balaban J connectivity index is 2.47. The largest absolute Gasteiger partial charge is 0.393 e. The number of hydrogen-bond acceptors (Lipinski definition) is 2. The van der Waals surface area contributed by atoms with E-state index in [1.807, 2.05) is 0 Å². The van der Waals surface area contributed by atoms with Crippen LogP contribution in [0.2, 0.25) is 0 Å². The zero-order valence-corrected chi connectivity index (χ0v) is 7.86. The second kappa shape index (κ2) is 4.04. The monoisotopic (exact) mass is 170 g/mol. The van der Waals surface area contributed by atoms with Crippen molar-refractivity contribution in [3.63, 3.8) is 0 Å². The molecule has 0 heterocycles. The lowest BCUT2D eigenvalue weighted by molar-refractivity contribution is -0.114. The number of hydrogen-bond donors (Lipinski definition) is 1. The number of aliphatic hydroxyl groups excluding tert-OH is 1. The van der Waals surface area contributed by atoms with Gasteiger partial charge < -0.3 is 9.90 Å². The molecule has 1 N–H and O–H groups in total. The molecule has 1 aliphatic carbocycles. The summed E-state index contributed by atoms with van der Waals surface area (Å²) < 4.78 is 0. The maximum absolute atomic E-state index is 10.5. The van der Waals surface area contributed by atoms with E-state index in [2.05, 4.69) is 13.8 Å². The van der Waals surface area contributed by atoms with Crippen LogP contribution >= 0.6 is 0 Å². The predicted octanol–water partition coefficient (Wildman–Crippen LogP) is 1.62. The van der Waals surface area contributed by atoms with Crippen LogP contribution in [0.5, 0.6) is 0 Å². The highest BCUT2D eigenvalue weighted by atomic mass is 16.3. The van der Waals surface area contributed by atoms with E-state index in [0.717, 1.165) is 19.1 Å². The van der Waals surface area contributed by atoms with Crippen LogP contribution in [-0.4, -0.2) is 17.5 Å². The van der Waals surface area contributed by atoms with E-state index in [1.54, 1.807) is 0 Å². The van der Waals surface area contributed by atoms with Crippen LogP contribution in [0.3, 0.4) is 0 Å². The van der Waals surface area contributed by atoms with Crippen LogP contribution in [-0.2, 0) is 4.79 Å². The maximum atomic E-state index is 10.5. The summed E-state index contributed by atoms with van der Waals surface area (Å²) in [6, 6.07) is 0. The standard InChI is InChI=1S/C10H18O2/c1-7(2)9-4-3-8(6-11)5-10(9)12/h6-10,12H,3-5H2,1-2H3.